The Morgan fingerprint density at radius 2 is 2.00 bits per heavy atom. The summed E-state index contributed by atoms with van der Waals surface area (Å²) < 4.78 is 23.3. The molecule has 25 heavy (non-hydrogen) atoms. The fourth-order valence-electron chi connectivity index (χ4n) is 2.20. The average Bonchev–Trinajstić information content (AvgIpc) is 2.65. The number of halogens is 1. The van der Waals surface area contributed by atoms with Crippen molar-refractivity contribution in [2.45, 2.75) is 26.9 Å². The minimum atomic E-state index is -0.326. The summed E-state index contributed by atoms with van der Waals surface area (Å²) >= 11 is 0. The molecule has 2 aromatic carbocycles. The van der Waals surface area contributed by atoms with Crippen molar-refractivity contribution in [1.82, 2.24) is 5.43 Å². The number of amides is 1. The largest absolute Gasteiger partial charge is 0.467 e. The van der Waals surface area contributed by atoms with E-state index in [4.69, 9.17) is 9.47 Å². The number of hydrazone groups is 1. The zero-order valence-electron chi connectivity index (χ0n) is 14.3. The highest BCUT2D eigenvalue weighted by atomic mass is 19.1. The Morgan fingerprint density at radius 1 is 1.24 bits per heavy atom. The van der Waals surface area contributed by atoms with Gasteiger partial charge in [0, 0.05) is 5.56 Å². The van der Waals surface area contributed by atoms with Crippen molar-refractivity contribution in [3.05, 3.63) is 65.0 Å². The van der Waals surface area contributed by atoms with E-state index in [-0.39, 0.29) is 24.9 Å². The molecule has 0 fully saturated rings. The van der Waals surface area contributed by atoms with Gasteiger partial charge in [-0.25, -0.2) is 9.82 Å². The fourth-order valence-corrected chi connectivity index (χ4v) is 2.20. The van der Waals surface area contributed by atoms with Gasteiger partial charge in [-0.15, -0.1) is 0 Å². The molecule has 1 N–H and O–H groups in total. The van der Waals surface area contributed by atoms with Crippen LogP contribution in [0.5, 0.6) is 5.75 Å². The third-order valence-corrected chi connectivity index (χ3v) is 3.32. The molecule has 1 heterocycles. The van der Waals surface area contributed by atoms with Crippen LogP contribution in [-0.2, 0) is 22.6 Å². The molecule has 2 aromatic rings. The smallest absolute Gasteiger partial charge is 0.244 e. The van der Waals surface area contributed by atoms with E-state index in [9.17, 15) is 9.18 Å². The normalized spacial score (nSPS) is 12.6. The lowest BCUT2D eigenvalue weighted by molar-refractivity contribution is -0.120. The Hall–Kier alpha value is -2.73. The van der Waals surface area contributed by atoms with E-state index in [0.717, 1.165) is 22.4 Å². The molecule has 1 amide bonds. The zero-order chi connectivity index (χ0) is 18.1. The summed E-state index contributed by atoms with van der Waals surface area (Å²) in [5.41, 5.74) is 4.95. The number of hydrogen-bond acceptors (Lipinski definition) is 4. The van der Waals surface area contributed by atoms with E-state index < -0.39 is 0 Å². The lowest BCUT2D eigenvalue weighted by atomic mass is 10.1. The number of hydrogen-bond donors (Lipinski definition) is 1. The molecule has 0 unspecified atom stereocenters. The van der Waals surface area contributed by atoms with Crippen LogP contribution in [0.25, 0.3) is 0 Å². The van der Waals surface area contributed by atoms with Crippen molar-refractivity contribution in [2.24, 2.45) is 5.10 Å². The maximum atomic E-state index is 12.8. The van der Waals surface area contributed by atoms with Crippen LogP contribution in [0.1, 0.15) is 30.5 Å². The molecule has 0 radical (unpaired) electrons. The molecule has 1 aliphatic heterocycles. The van der Waals surface area contributed by atoms with Crippen molar-refractivity contribution < 1.29 is 18.7 Å². The monoisotopic (exact) mass is 344 g/mol. The number of fused-ring (bicyclic) bond motifs is 1. The standard InChI is InChI=1S/C17H15FN2O3.C2H6/c18-15-4-1-12(2-5-15)8-17(21)20-19-9-13-3-6-16-14(7-13)10-22-11-23-16;1-2/h1-7,9H,8,10-11H2,(H,20,21);1-2H3/b19-9+;. The number of benzene rings is 2. The maximum Gasteiger partial charge on any atom is 0.244 e. The highest BCUT2D eigenvalue weighted by molar-refractivity contribution is 5.83. The second kappa shape index (κ2) is 9.54. The van der Waals surface area contributed by atoms with Gasteiger partial charge < -0.3 is 9.47 Å². The molecule has 0 aliphatic carbocycles. The van der Waals surface area contributed by atoms with Crippen LogP contribution in [0.15, 0.2) is 47.6 Å². The van der Waals surface area contributed by atoms with E-state index in [1.54, 1.807) is 18.3 Å². The third kappa shape index (κ3) is 5.69. The molecular formula is C19H21FN2O3. The van der Waals surface area contributed by atoms with Crippen molar-refractivity contribution >= 4 is 12.1 Å². The summed E-state index contributed by atoms with van der Waals surface area (Å²) in [6, 6.07) is 11.4. The lowest BCUT2D eigenvalue weighted by Crippen LogP contribution is -2.19. The first-order chi connectivity index (χ1) is 12.2. The van der Waals surface area contributed by atoms with Crippen LogP contribution in [0, 0.1) is 5.82 Å². The van der Waals surface area contributed by atoms with Crippen molar-refractivity contribution in [3.63, 3.8) is 0 Å². The Bertz CT molecular complexity index is 730. The van der Waals surface area contributed by atoms with Crippen LogP contribution >= 0.6 is 0 Å². The molecule has 6 heteroatoms. The number of ether oxygens (including phenoxy) is 2. The van der Waals surface area contributed by atoms with Gasteiger partial charge in [-0.2, -0.15) is 5.10 Å². The first-order valence-electron chi connectivity index (χ1n) is 8.10. The Kier molecular flexibility index (Phi) is 7.10. The minimum Gasteiger partial charge on any atom is -0.467 e. The van der Waals surface area contributed by atoms with Crippen molar-refractivity contribution in [1.29, 1.82) is 0 Å². The number of rotatable bonds is 4. The SMILES string of the molecule is CC.O=C(Cc1ccc(F)cc1)N/N=C/c1ccc2c(c1)COCO2. The molecule has 132 valence electrons. The molecule has 0 saturated heterocycles. The van der Waals surface area contributed by atoms with E-state index in [2.05, 4.69) is 10.5 Å². The summed E-state index contributed by atoms with van der Waals surface area (Å²) in [5.74, 6) is 0.207. The van der Waals surface area contributed by atoms with Crippen molar-refractivity contribution in [2.75, 3.05) is 6.79 Å². The number of carbonyl (C=O) groups excluding carboxylic acids is 1. The van der Waals surface area contributed by atoms with Crippen LogP contribution in [0.2, 0.25) is 0 Å². The van der Waals surface area contributed by atoms with Crippen LogP contribution in [0.4, 0.5) is 4.39 Å². The first-order valence-corrected chi connectivity index (χ1v) is 8.10. The number of nitrogens with one attached hydrogen (secondary N) is 1. The van der Waals surface area contributed by atoms with Gasteiger partial charge >= 0.3 is 0 Å². The van der Waals surface area contributed by atoms with Gasteiger partial charge in [-0.3, -0.25) is 4.79 Å². The van der Waals surface area contributed by atoms with Crippen LogP contribution < -0.4 is 10.2 Å². The predicted octanol–water partition coefficient (Wildman–Crippen LogP) is 3.41. The van der Waals surface area contributed by atoms with Gasteiger partial charge in [-0.1, -0.05) is 26.0 Å². The van der Waals surface area contributed by atoms with Crippen molar-refractivity contribution in [3.8, 4) is 5.75 Å². The van der Waals surface area contributed by atoms with Gasteiger partial charge in [0.15, 0.2) is 6.79 Å². The average molecular weight is 344 g/mol. The highest BCUT2D eigenvalue weighted by Gasteiger charge is 2.10. The predicted molar refractivity (Wildman–Crippen MR) is 93.9 cm³/mol. The maximum absolute atomic E-state index is 12.8. The number of nitrogens with zero attached hydrogens (tertiary/aromatic N) is 1. The summed E-state index contributed by atoms with van der Waals surface area (Å²) in [6.45, 7) is 4.76. The molecule has 0 saturated carbocycles. The molecule has 1 aliphatic rings. The van der Waals surface area contributed by atoms with Gasteiger partial charge in [0.05, 0.1) is 19.2 Å². The second-order valence-corrected chi connectivity index (χ2v) is 5.07. The Morgan fingerprint density at radius 3 is 2.76 bits per heavy atom. The third-order valence-electron chi connectivity index (χ3n) is 3.32. The Labute approximate surface area is 146 Å². The molecule has 0 aromatic heterocycles. The minimum absolute atomic E-state index is 0.142. The van der Waals surface area contributed by atoms with Crippen LogP contribution in [0.3, 0.4) is 0 Å². The topological polar surface area (TPSA) is 59.9 Å². The summed E-state index contributed by atoms with van der Waals surface area (Å²) in [7, 11) is 0. The van der Waals surface area contributed by atoms with Gasteiger partial charge in [0.25, 0.3) is 0 Å². The lowest BCUT2D eigenvalue weighted by Gasteiger charge is -2.17. The summed E-state index contributed by atoms with van der Waals surface area (Å²) in [5, 5.41) is 3.92. The quantitative estimate of drug-likeness (QED) is 0.683. The molecule has 0 spiro atoms. The molecule has 0 atom stereocenters. The molecule has 5 nitrogen and oxygen atoms in total. The summed E-state index contributed by atoms with van der Waals surface area (Å²) in [6.07, 6.45) is 1.70. The first kappa shape index (κ1) is 18.6. The molecular weight excluding hydrogens is 323 g/mol. The number of carbonyl (C=O) groups is 1. The van der Waals surface area contributed by atoms with Gasteiger partial charge in [0.1, 0.15) is 11.6 Å². The zero-order valence-corrected chi connectivity index (χ0v) is 14.3. The summed E-state index contributed by atoms with van der Waals surface area (Å²) in [4.78, 5) is 11.8. The Balaban J connectivity index is 0.00000109. The van der Waals surface area contributed by atoms with Gasteiger partial charge in [0.2, 0.25) is 5.91 Å². The fraction of sp³-hybridized carbons (Fsp3) is 0.263. The van der Waals surface area contributed by atoms with Crippen LogP contribution in [-0.4, -0.2) is 18.9 Å². The van der Waals surface area contributed by atoms with E-state index in [1.807, 2.05) is 32.0 Å². The second-order valence-electron chi connectivity index (χ2n) is 5.07. The van der Waals surface area contributed by atoms with E-state index in [1.165, 1.54) is 12.1 Å². The molecule has 0 bridgehead atoms. The van der Waals surface area contributed by atoms with E-state index >= 15 is 0 Å². The van der Waals surface area contributed by atoms with Gasteiger partial charge in [-0.05, 0) is 41.5 Å². The molecule has 3 rings (SSSR count). The van der Waals surface area contributed by atoms with E-state index in [0.29, 0.717) is 6.61 Å². The highest BCUT2D eigenvalue weighted by Crippen LogP contribution is 2.23.